The number of ether oxygens (including phenoxy) is 3. The van der Waals surface area contributed by atoms with Crippen LogP contribution in [-0.4, -0.2) is 79.2 Å². The average Bonchev–Trinajstić information content (AvgIpc) is 3.31. The molecule has 1 aromatic heterocycles. The molecule has 0 N–H and O–H groups in total. The number of piperazine rings is 1. The lowest BCUT2D eigenvalue weighted by Crippen LogP contribution is -2.48. The molecule has 9 nitrogen and oxygen atoms in total. The van der Waals surface area contributed by atoms with Crippen LogP contribution in [0.25, 0.3) is 0 Å². The molecule has 1 fully saturated rings. The van der Waals surface area contributed by atoms with Crippen molar-refractivity contribution in [3.63, 3.8) is 0 Å². The molecule has 1 aliphatic heterocycles. The van der Waals surface area contributed by atoms with Crippen LogP contribution >= 0.6 is 0 Å². The highest BCUT2D eigenvalue weighted by atomic mass is 16.5. The van der Waals surface area contributed by atoms with Gasteiger partial charge in [0.1, 0.15) is 11.5 Å². The van der Waals surface area contributed by atoms with Crippen LogP contribution in [0.4, 0.5) is 5.69 Å². The number of hydrogen-bond donors (Lipinski definition) is 0. The van der Waals surface area contributed by atoms with E-state index in [1.807, 2.05) is 35.0 Å². The maximum absolute atomic E-state index is 5.57. The summed E-state index contributed by atoms with van der Waals surface area (Å²) in [6.45, 7) is 4.65. The minimum atomic E-state index is -0.0624. The second-order valence-corrected chi connectivity index (χ2v) is 7.62. The topological polar surface area (TPSA) is 77.8 Å². The molecule has 0 unspecified atom stereocenters. The zero-order chi connectivity index (χ0) is 22.3. The predicted octanol–water partition coefficient (Wildman–Crippen LogP) is 2.25. The van der Waals surface area contributed by atoms with E-state index in [-0.39, 0.29) is 6.04 Å². The summed E-state index contributed by atoms with van der Waals surface area (Å²) in [5.74, 6) is 2.54. The highest BCUT2D eigenvalue weighted by Gasteiger charge is 2.31. The van der Waals surface area contributed by atoms with Gasteiger partial charge in [-0.1, -0.05) is 24.3 Å². The fraction of sp³-hybridized carbons (Fsp3) is 0.435. The molecule has 1 aliphatic rings. The van der Waals surface area contributed by atoms with Crippen molar-refractivity contribution in [1.29, 1.82) is 0 Å². The Labute approximate surface area is 188 Å². The minimum absolute atomic E-state index is 0.0624. The van der Waals surface area contributed by atoms with E-state index in [1.165, 1.54) is 0 Å². The Kier molecular flexibility index (Phi) is 7.18. The van der Waals surface area contributed by atoms with Gasteiger partial charge in [-0.3, -0.25) is 4.90 Å². The molecule has 9 heteroatoms. The van der Waals surface area contributed by atoms with Crippen LogP contribution in [0.5, 0.6) is 11.5 Å². The number of benzene rings is 2. The van der Waals surface area contributed by atoms with Gasteiger partial charge in [0.25, 0.3) is 0 Å². The van der Waals surface area contributed by atoms with Crippen molar-refractivity contribution in [2.75, 3.05) is 59.0 Å². The van der Waals surface area contributed by atoms with E-state index in [0.717, 1.165) is 54.8 Å². The third-order valence-electron chi connectivity index (χ3n) is 5.85. The summed E-state index contributed by atoms with van der Waals surface area (Å²) in [6, 6.07) is 16.2. The number of aromatic nitrogens is 4. The third kappa shape index (κ3) is 4.68. The van der Waals surface area contributed by atoms with Gasteiger partial charge in [-0.25, -0.2) is 4.68 Å². The second kappa shape index (κ2) is 10.4. The lowest BCUT2D eigenvalue weighted by Gasteiger charge is -2.40. The molecule has 4 rings (SSSR count). The van der Waals surface area contributed by atoms with E-state index in [1.54, 1.807) is 21.3 Å². The maximum Gasteiger partial charge on any atom is 0.173 e. The summed E-state index contributed by atoms with van der Waals surface area (Å²) < 4.78 is 18.0. The first kappa shape index (κ1) is 22.0. The van der Waals surface area contributed by atoms with E-state index in [0.29, 0.717) is 13.2 Å². The number of tetrazole rings is 1. The van der Waals surface area contributed by atoms with Gasteiger partial charge < -0.3 is 19.1 Å². The SMILES string of the molecule is COCCn1nnnc1[C@@H](c1ccc(OC)cc1)N1CCN(c2ccccc2OC)CC1. The third-order valence-corrected chi connectivity index (χ3v) is 5.85. The Morgan fingerprint density at radius 2 is 1.66 bits per heavy atom. The Balaban J connectivity index is 1.59. The lowest BCUT2D eigenvalue weighted by molar-refractivity contribution is 0.171. The largest absolute Gasteiger partial charge is 0.497 e. The molecule has 3 aromatic rings. The Bertz CT molecular complexity index is 985. The first-order valence-electron chi connectivity index (χ1n) is 10.8. The van der Waals surface area contributed by atoms with Crippen molar-refractivity contribution in [3.8, 4) is 11.5 Å². The van der Waals surface area contributed by atoms with Crippen molar-refractivity contribution >= 4 is 5.69 Å². The van der Waals surface area contributed by atoms with Gasteiger partial charge in [0.05, 0.1) is 39.1 Å². The molecular weight excluding hydrogens is 408 g/mol. The number of nitrogens with zero attached hydrogens (tertiary/aromatic N) is 6. The van der Waals surface area contributed by atoms with Gasteiger partial charge >= 0.3 is 0 Å². The molecule has 0 amide bonds. The summed E-state index contributed by atoms with van der Waals surface area (Å²) in [6.07, 6.45) is 0. The van der Waals surface area contributed by atoms with Gasteiger partial charge in [0.15, 0.2) is 5.82 Å². The smallest absolute Gasteiger partial charge is 0.173 e. The van der Waals surface area contributed by atoms with Gasteiger partial charge in [-0.05, 0) is 40.3 Å². The number of para-hydroxylation sites is 2. The van der Waals surface area contributed by atoms with Gasteiger partial charge in [-0.15, -0.1) is 5.10 Å². The number of rotatable bonds is 9. The normalized spacial score (nSPS) is 15.5. The molecular formula is C23H30N6O3. The van der Waals surface area contributed by atoms with Crippen molar-refractivity contribution in [3.05, 3.63) is 59.9 Å². The fourth-order valence-corrected chi connectivity index (χ4v) is 4.17. The van der Waals surface area contributed by atoms with Crippen LogP contribution in [0.15, 0.2) is 48.5 Å². The van der Waals surface area contributed by atoms with E-state index < -0.39 is 0 Å². The van der Waals surface area contributed by atoms with Gasteiger partial charge in [0.2, 0.25) is 0 Å². The van der Waals surface area contributed by atoms with E-state index in [2.05, 4.69) is 43.5 Å². The summed E-state index contributed by atoms with van der Waals surface area (Å²) in [5, 5.41) is 12.6. The zero-order valence-corrected chi connectivity index (χ0v) is 18.8. The maximum atomic E-state index is 5.57. The van der Waals surface area contributed by atoms with Crippen LogP contribution < -0.4 is 14.4 Å². The number of methoxy groups -OCH3 is 3. The van der Waals surface area contributed by atoms with Crippen LogP contribution in [-0.2, 0) is 11.3 Å². The van der Waals surface area contributed by atoms with Crippen LogP contribution in [0.3, 0.4) is 0 Å². The number of hydrogen-bond acceptors (Lipinski definition) is 8. The molecule has 2 aromatic carbocycles. The molecule has 2 heterocycles. The van der Waals surface area contributed by atoms with Crippen molar-refractivity contribution in [2.45, 2.75) is 12.6 Å². The molecule has 170 valence electrons. The fourth-order valence-electron chi connectivity index (χ4n) is 4.17. The highest BCUT2D eigenvalue weighted by Crippen LogP contribution is 2.32. The monoisotopic (exact) mass is 438 g/mol. The van der Waals surface area contributed by atoms with Gasteiger partial charge in [-0.2, -0.15) is 0 Å². The van der Waals surface area contributed by atoms with Crippen LogP contribution in [0.1, 0.15) is 17.4 Å². The second-order valence-electron chi connectivity index (χ2n) is 7.62. The van der Waals surface area contributed by atoms with Crippen molar-refractivity contribution < 1.29 is 14.2 Å². The Hall–Kier alpha value is -3.17. The molecule has 1 saturated heterocycles. The van der Waals surface area contributed by atoms with Gasteiger partial charge in [0, 0.05) is 33.3 Å². The lowest BCUT2D eigenvalue weighted by atomic mass is 10.0. The van der Waals surface area contributed by atoms with E-state index >= 15 is 0 Å². The highest BCUT2D eigenvalue weighted by molar-refractivity contribution is 5.58. The van der Waals surface area contributed by atoms with Crippen molar-refractivity contribution in [1.82, 2.24) is 25.1 Å². The first-order valence-corrected chi connectivity index (χ1v) is 10.8. The molecule has 32 heavy (non-hydrogen) atoms. The molecule has 0 radical (unpaired) electrons. The zero-order valence-electron chi connectivity index (χ0n) is 18.8. The number of anilines is 1. The Morgan fingerprint density at radius 1 is 0.906 bits per heavy atom. The average molecular weight is 439 g/mol. The van der Waals surface area contributed by atoms with E-state index in [4.69, 9.17) is 14.2 Å². The molecule has 0 aliphatic carbocycles. The van der Waals surface area contributed by atoms with Crippen LogP contribution in [0, 0.1) is 0 Å². The Morgan fingerprint density at radius 3 is 2.34 bits per heavy atom. The molecule has 0 saturated carbocycles. The summed E-state index contributed by atoms with van der Waals surface area (Å²) in [7, 11) is 5.07. The van der Waals surface area contributed by atoms with Crippen LogP contribution in [0.2, 0.25) is 0 Å². The van der Waals surface area contributed by atoms with Crippen molar-refractivity contribution in [2.24, 2.45) is 0 Å². The molecule has 0 spiro atoms. The molecule has 0 bridgehead atoms. The first-order chi connectivity index (χ1) is 15.7. The minimum Gasteiger partial charge on any atom is -0.497 e. The molecule has 1 atom stereocenters. The summed E-state index contributed by atoms with van der Waals surface area (Å²) >= 11 is 0. The quantitative estimate of drug-likeness (QED) is 0.504. The summed E-state index contributed by atoms with van der Waals surface area (Å²) in [5.41, 5.74) is 2.26. The standard InChI is InChI=1S/C23H30N6O3/c1-30-17-16-29-23(24-25-26-29)22(18-8-10-19(31-2)11-9-18)28-14-12-27(13-15-28)20-6-4-5-7-21(20)32-3/h4-11,22H,12-17H2,1-3H3/t22-/m1/s1. The predicted molar refractivity (Wildman–Crippen MR) is 121 cm³/mol. The van der Waals surface area contributed by atoms with E-state index in [9.17, 15) is 0 Å². The summed E-state index contributed by atoms with van der Waals surface area (Å²) in [4.78, 5) is 4.80.